The van der Waals surface area contributed by atoms with Crippen LogP contribution in [0.5, 0.6) is 0 Å². The Morgan fingerprint density at radius 3 is 2.36 bits per heavy atom. The van der Waals surface area contributed by atoms with Crippen molar-refractivity contribution in [2.24, 2.45) is 0 Å². The van der Waals surface area contributed by atoms with Crippen LogP contribution in [-0.4, -0.2) is 64.7 Å². The minimum atomic E-state index is -1.32. The van der Waals surface area contributed by atoms with E-state index < -0.39 is 18.3 Å². The number of aliphatic hydroxyl groups excluding tert-OH is 4. The number of carbonyl (C=O) groups excluding carboxylic acids is 1. The minimum Gasteiger partial charge on any atom is -0.396 e. The molecule has 0 saturated heterocycles. The summed E-state index contributed by atoms with van der Waals surface area (Å²) in [6, 6.07) is 0. The first kappa shape index (κ1) is 13.5. The van der Waals surface area contributed by atoms with Gasteiger partial charge in [0.2, 0.25) is 0 Å². The van der Waals surface area contributed by atoms with Crippen molar-refractivity contribution in [1.82, 2.24) is 5.32 Å². The van der Waals surface area contributed by atoms with Gasteiger partial charge in [0.1, 0.15) is 12.4 Å². The maximum absolute atomic E-state index is 9.90. The molecule has 84 valence electrons. The molecule has 0 aliphatic rings. The third kappa shape index (κ3) is 5.25. The molecule has 0 spiro atoms. The second-order valence-electron chi connectivity index (χ2n) is 2.96. The molecule has 0 aliphatic carbocycles. The average molecular weight is 207 g/mol. The van der Waals surface area contributed by atoms with Crippen LogP contribution in [-0.2, 0) is 4.79 Å². The first-order chi connectivity index (χ1) is 6.63. The normalized spacial score (nSPS) is 17.4. The minimum absolute atomic E-state index is 0.00586. The zero-order valence-corrected chi connectivity index (χ0v) is 7.83. The van der Waals surface area contributed by atoms with Gasteiger partial charge in [-0.2, -0.15) is 0 Å². The summed E-state index contributed by atoms with van der Waals surface area (Å²) in [5.41, 5.74) is 0. The van der Waals surface area contributed by atoms with Crippen molar-refractivity contribution in [2.45, 2.75) is 24.7 Å². The molecule has 5 N–H and O–H groups in total. The number of aldehydes is 1. The van der Waals surface area contributed by atoms with Crippen molar-refractivity contribution in [1.29, 1.82) is 0 Å². The van der Waals surface area contributed by atoms with E-state index in [-0.39, 0.29) is 26.1 Å². The van der Waals surface area contributed by atoms with Crippen LogP contribution in [0.25, 0.3) is 0 Å². The number of aliphatic hydroxyl groups is 4. The standard InChI is InChI=1S/C8H17NO5/c10-3-1-6(12)8(14)7(13)5-9-2-4-11/h4,6-10,12-14H,1-3,5H2. The fourth-order valence-electron chi connectivity index (χ4n) is 0.970. The van der Waals surface area contributed by atoms with Crippen molar-refractivity contribution in [2.75, 3.05) is 19.7 Å². The van der Waals surface area contributed by atoms with E-state index in [9.17, 15) is 20.1 Å². The molecule has 6 nitrogen and oxygen atoms in total. The Kier molecular flexibility index (Phi) is 7.54. The summed E-state index contributed by atoms with van der Waals surface area (Å²) in [5.74, 6) is 0. The summed E-state index contributed by atoms with van der Waals surface area (Å²) in [6.45, 7) is -0.158. The molecule has 0 aromatic rings. The van der Waals surface area contributed by atoms with Gasteiger partial charge in [0.25, 0.3) is 0 Å². The van der Waals surface area contributed by atoms with Gasteiger partial charge in [-0.3, -0.25) is 0 Å². The molecule has 0 radical (unpaired) electrons. The lowest BCUT2D eigenvalue weighted by Crippen LogP contribution is -2.43. The Labute approximate surface area is 82.2 Å². The van der Waals surface area contributed by atoms with Gasteiger partial charge < -0.3 is 30.5 Å². The number of hydrogen-bond acceptors (Lipinski definition) is 6. The molecule has 0 bridgehead atoms. The van der Waals surface area contributed by atoms with Gasteiger partial charge in [-0.05, 0) is 6.42 Å². The molecule has 0 heterocycles. The highest BCUT2D eigenvalue weighted by molar-refractivity contribution is 5.51. The number of rotatable bonds is 8. The van der Waals surface area contributed by atoms with E-state index in [0.717, 1.165) is 0 Å². The van der Waals surface area contributed by atoms with Crippen LogP contribution in [0.2, 0.25) is 0 Å². The summed E-state index contributed by atoms with van der Waals surface area (Å²) in [6.07, 6.45) is -3.00. The molecule has 0 saturated carbocycles. The lowest BCUT2D eigenvalue weighted by molar-refractivity contribution is -0.107. The Balaban J connectivity index is 3.73. The molecule has 14 heavy (non-hydrogen) atoms. The molecule has 3 unspecified atom stereocenters. The van der Waals surface area contributed by atoms with Gasteiger partial charge in [-0.25, -0.2) is 0 Å². The number of carbonyl (C=O) groups is 1. The molecule has 0 aromatic heterocycles. The zero-order valence-electron chi connectivity index (χ0n) is 7.83. The summed E-state index contributed by atoms with van der Waals surface area (Å²) < 4.78 is 0. The highest BCUT2D eigenvalue weighted by atomic mass is 16.4. The lowest BCUT2D eigenvalue weighted by Gasteiger charge is -2.22. The van der Waals surface area contributed by atoms with E-state index in [1.165, 1.54) is 0 Å². The third-order valence-electron chi connectivity index (χ3n) is 1.79. The summed E-state index contributed by atoms with van der Waals surface area (Å²) in [7, 11) is 0. The molecule has 3 atom stereocenters. The zero-order chi connectivity index (χ0) is 11.0. The smallest absolute Gasteiger partial charge is 0.133 e. The van der Waals surface area contributed by atoms with E-state index in [1.54, 1.807) is 0 Å². The van der Waals surface area contributed by atoms with E-state index in [2.05, 4.69) is 5.32 Å². The fourth-order valence-corrected chi connectivity index (χ4v) is 0.970. The summed E-state index contributed by atoms with van der Waals surface area (Å²) in [5, 5.41) is 38.8. The molecule has 0 fully saturated rings. The van der Waals surface area contributed by atoms with E-state index in [0.29, 0.717) is 6.29 Å². The molecular formula is C8H17NO5. The average Bonchev–Trinajstić information content (AvgIpc) is 2.17. The monoisotopic (exact) mass is 207 g/mol. The summed E-state index contributed by atoms with van der Waals surface area (Å²) >= 11 is 0. The second-order valence-corrected chi connectivity index (χ2v) is 2.96. The van der Waals surface area contributed by atoms with Gasteiger partial charge in [-0.15, -0.1) is 0 Å². The van der Waals surface area contributed by atoms with Crippen LogP contribution in [0.3, 0.4) is 0 Å². The van der Waals surface area contributed by atoms with Crippen LogP contribution in [0.15, 0.2) is 0 Å². The van der Waals surface area contributed by atoms with Crippen molar-refractivity contribution in [3.05, 3.63) is 0 Å². The number of hydrogen-bond donors (Lipinski definition) is 5. The molecule has 6 heteroatoms. The van der Waals surface area contributed by atoms with Crippen LogP contribution < -0.4 is 5.32 Å². The van der Waals surface area contributed by atoms with Crippen LogP contribution in [0, 0.1) is 0 Å². The SMILES string of the molecule is O=CCNCC(O)C(O)C(O)CCO. The highest BCUT2D eigenvalue weighted by Gasteiger charge is 2.23. The largest absolute Gasteiger partial charge is 0.396 e. The van der Waals surface area contributed by atoms with Crippen molar-refractivity contribution in [3.8, 4) is 0 Å². The molecule has 0 aliphatic heterocycles. The molecule has 0 rings (SSSR count). The summed E-state index contributed by atoms with van der Waals surface area (Å²) in [4.78, 5) is 9.90. The Bertz CT molecular complexity index is 155. The molecular weight excluding hydrogens is 190 g/mol. The molecule has 0 aromatic carbocycles. The van der Waals surface area contributed by atoms with E-state index in [1.807, 2.05) is 0 Å². The maximum Gasteiger partial charge on any atom is 0.133 e. The lowest BCUT2D eigenvalue weighted by atomic mass is 10.1. The first-order valence-electron chi connectivity index (χ1n) is 4.43. The van der Waals surface area contributed by atoms with Crippen LogP contribution in [0.1, 0.15) is 6.42 Å². The van der Waals surface area contributed by atoms with Gasteiger partial charge >= 0.3 is 0 Å². The van der Waals surface area contributed by atoms with Gasteiger partial charge in [0.05, 0.1) is 18.8 Å². The van der Waals surface area contributed by atoms with Gasteiger partial charge in [-0.1, -0.05) is 0 Å². The molecule has 0 amide bonds. The maximum atomic E-state index is 9.90. The van der Waals surface area contributed by atoms with Gasteiger partial charge in [0.15, 0.2) is 0 Å². The van der Waals surface area contributed by atoms with E-state index in [4.69, 9.17) is 5.11 Å². The van der Waals surface area contributed by atoms with Crippen molar-refractivity contribution in [3.63, 3.8) is 0 Å². The Hall–Kier alpha value is -0.530. The van der Waals surface area contributed by atoms with Crippen LogP contribution in [0.4, 0.5) is 0 Å². The fraction of sp³-hybridized carbons (Fsp3) is 0.875. The van der Waals surface area contributed by atoms with E-state index >= 15 is 0 Å². The predicted molar refractivity (Wildman–Crippen MR) is 48.7 cm³/mol. The van der Waals surface area contributed by atoms with Gasteiger partial charge in [0, 0.05) is 13.2 Å². The number of nitrogens with one attached hydrogen (secondary N) is 1. The Morgan fingerprint density at radius 1 is 1.21 bits per heavy atom. The van der Waals surface area contributed by atoms with Crippen molar-refractivity contribution >= 4 is 6.29 Å². The second kappa shape index (κ2) is 7.84. The van der Waals surface area contributed by atoms with Crippen LogP contribution >= 0.6 is 0 Å². The topological polar surface area (TPSA) is 110 Å². The quantitative estimate of drug-likeness (QED) is 0.218. The first-order valence-corrected chi connectivity index (χ1v) is 4.43. The highest BCUT2D eigenvalue weighted by Crippen LogP contribution is 2.02. The van der Waals surface area contributed by atoms with Crippen molar-refractivity contribution < 1.29 is 25.2 Å². The Morgan fingerprint density at radius 2 is 1.86 bits per heavy atom. The third-order valence-corrected chi connectivity index (χ3v) is 1.79. The predicted octanol–water partition coefficient (Wildman–Crippen LogP) is -2.76.